The van der Waals surface area contributed by atoms with Crippen molar-refractivity contribution in [2.75, 3.05) is 25.6 Å². The van der Waals surface area contributed by atoms with Crippen molar-refractivity contribution in [1.29, 1.82) is 0 Å². The van der Waals surface area contributed by atoms with Gasteiger partial charge >= 0.3 is 0 Å². The average molecular weight is 468 g/mol. The molecule has 9 nitrogen and oxygen atoms in total. The first-order chi connectivity index (χ1) is 16.5. The SMILES string of the molecule is CCOc1cc([C@H](CCN(O)C=O)N2Cc3cccc(NC(=O)C4CC4)c3C2=O)ccc1OC. The second kappa shape index (κ2) is 10.1. The normalized spacial score (nSPS) is 15.5. The van der Waals surface area contributed by atoms with Crippen molar-refractivity contribution >= 4 is 23.9 Å². The first kappa shape index (κ1) is 23.6. The lowest BCUT2D eigenvalue weighted by Crippen LogP contribution is -2.32. The van der Waals surface area contributed by atoms with Crippen LogP contribution < -0.4 is 14.8 Å². The minimum absolute atomic E-state index is 0.0198. The second-order valence-corrected chi connectivity index (χ2v) is 8.45. The number of methoxy groups -OCH3 is 1. The van der Waals surface area contributed by atoms with Gasteiger partial charge in [-0.15, -0.1) is 0 Å². The number of carbonyl (C=O) groups is 3. The summed E-state index contributed by atoms with van der Waals surface area (Å²) < 4.78 is 11.1. The number of anilines is 1. The summed E-state index contributed by atoms with van der Waals surface area (Å²) in [6, 6.07) is 10.4. The van der Waals surface area contributed by atoms with Crippen molar-refractivity contribution in [3.05, 3.63) is 53.1 Å². The van der Waals surface area contributed by atoms with Crippen molar-refractivity contribution in [1.82, 2.24) is 9.96 Å². The minimum Gasteiger partial charge on any atom is -0.493 e. The minimum atomic E-state index is -0.452. The molecule has 2 aromatic carbocycles. The lowest BCUT2D eigenvalue weighted by atomic mass is 10.0. The van der Waals surface area contributed by atoms with E-state index in [9.17, 15) is 19.6 Å². The van der Waals surface area contributed by atoms with Crippen molar-refractivity contribution in [2.45, 2.75) is 38.8 Å². The Morgan fingerprint density at radius 1 is 1.29 bits per heavy atom. The summed E-state index contributed by atoms with van der Waals surface area (Å²) in [5.41, 5.74) is 2.60. The highest BCUT2D eigenvalue weighted by atomic mass is 16.5. The third kappa shape index (κ3) is 4.84. The fourth-order valence-electron chi connectivity index (χ4n) is 4.30. The van der Waals surface area contributed by atoms with Crippen LogP contribution >= 0.6 is 0 Å². The van der Waals surface area contributed by atoms with E-state index < -0.39 is 6.04 Å². The number of nitrogens with zero attached hydrogens (tertiary/aromatic N) is 2. The molecular weight excluding hydrogens is 438 g/mol. The van der Waals surface area contributed by atoms with Crippen LogP contribution in [0.25, 0.3) is 0 Å². The number of benzene rings is 2. The van der Waals surface area contributed by atoms with Crippen LogP contribution in [0, 0.1) is 5.92 Å². The molecule has 9 heteroatoms. The van der Waals surface area contributed by atoms with Gasteiger partial charge in [-0.2, -0.15) is 0 Å². The molecule has 2 N–H and O–H groups in total. The molecule has 1 atom stereocenters. The smallest absolute Gasteiger partial charge is 0.257 e. The first-order valence-electron chi connectivity index (χ1n) is 11.4. The number of fused-ring (bicyclic) bond motifs is 1. The van der Waals surface area contributed by atoms with E-state index in [1.165, 1.54) is 0 Å². The van der Waals surface area contributed by atoms with E-state index in [1.807, 2.05) is 31.2 Å². The number of ether oxygens (including phenoxy) is 2. The van der Waals surface area contributed by atoms with E-state index in [2.05, 4.69) is 5.32 Å². The standard InChI is InChI=1S/C25H29N3O6/c1-3-34-22-13-17(9-10-21(22)33-2)20(11-12-27(32)15-29)28-14-18-5-4-6-19(23(18)25(28)31)26-24(30)16-7-8-16/h4-6,9-10,13,15-16,20,32H,3,7-8,11-12,14H2,1-2H3,(H,26,30)/t20-/m0/s1. The molecular formula is C25H29N3O6. The number of hydroxylamine groups is 2. The molecule has 1 aliphatic heterocycles. The fraction of sp³-hybridized carbons (Fsp3) is 0.400. The van der Waals surface area contributed by atoms with E-state index in [1.54, 1.807) is 24.1 Å². The van der Waals surface area contributed by atoms with Crippen LogP contribution in [0.2, 0.25) is 0 Å². The lowest BCUT2D eigenvalue weighted by Gasteiger charge is -2.29. The Kier molecular flexibility index (Phi) is 7.02. The molecule has 2 aliphatic rings. The summed E-state index contributed by atoms with van der Waals surface area (Å²) in [5, 5.41) is 13.2. The molecule has 4 rings (SSSR count). The molecule has 0 bridgehead atoms. The van der Waals surface area contributed by atoms with E-state index in [-0.39, 0.29) is 24.3 Å². The van der Waals surface area contributed by atoms with E-state index in [0.717, 1.165) is 24.0 Å². The zero-order chi connectivity index (χ0) is 24.2. The summed E-state index contributed by atoms with van der Waals surface area (Å²) in [6.07, 6.45) is 2.38. The van der Waals surface area contributed by atoms with Crippen LogP contribution in [0.5, 0.6) is 11.5 Å². The Hall–Kier alpha value is -3.59. The van der Waals surface area contributed by atoms with Crippen LogP contribution in [0.3, 0.4) is 0 Å². The molecule has 180 valence electrons. The van der Waals surface area contributed by atoms with Gasteiger partial charge in [0.2, 0.25) is 12.3 Å². The molecule has 0 aromatic heterocycles. The number of carbonyl (C=O) groups excluding carboxylic acids is 3. The summed E-state index contributed by atoms with van der Waals surface area (Å²) in [6.45, 7) is 2.69. The third-order valence-electron chi connectivity index (χ3n) is 6.17. The molecule has 1 saturated carbocycles. The number of amides is 3. The quantitative estimate of drug-likeness (QED) is 0.298. The van der Waals surface area contributed by atoms with Gasteiger partial charge in [0.15, 0.2) is 11.5 Å². The van der Waals surface area contributed by atoms with Gasteiger partial charge in [0.1, 0.15) is 0 Å². The molecule has 34 heavy (non-hydrogen) atoms. The summed E-state index contributed by atoms with van der Waals surface area (Å²) in [7, 11) is 1.56. The molecule has 1 aliphatic carbocycles. The highest BCUT2D eigenvalue weighted by Crippen LogP contribution is 2.40. The van der Waals surface area contributed by atoms with Crippen molar-refractivity contribution in [2.24, 2.45) is 5.92 Å². The molecule has 2 aromatic rings. The number of hydrogen-bond donors (Lipinski definition) is 2. The highest BCUT2D eigenvalue weighted by Gasteiger charge is 2.37. The topological polar surface area (TPSA) is 108 Å². The van der Waals surface area contributed by atoms with Crippen LogP contribution in [-0.2, 0) is 16.1 Å². The number of nitrogens with one attached hydrogen (secondary N) is 1. The Labute approximate surface area is 198 Å². The lowest BCUT2D eigenvalue weighted by molar-refractivity contribution is -0.150. The van der Waals surface area contributed by atoms with Crippen LogP contribution in [0.1, 0.15) is 53.7 Å². The Balaban J connectivity index is 1.66. The molecule has 0 radical (unpaired) electrons. The highest BCUT2D eigenvalue weighted by molar-refractivity contribution is 6.07. The van der Waals surface area contributed by atoms with Gasteiger partial charge in [0, 0.05) is 12.5 Å². The van der Waals surface area contributed by atoms with Gasteiger partial charge < -0.3 is 19.7 Å². The fourth-order valence-corrected chi connectivity index (χ4v) is 4.30. The Bertz CT molecular complexity index is 1080. The van der Waals surface area contributed by atoms with Crippen LogP contribution in [0.15, 0.2) is 36.4 Å². The zero-order valence-corrected chi connectivity index (χ0v) is 19.3. The third-order valence-corrected chi connectivity index (χ3v) is 6.17. The Morgan fingerprint density at radius 3 is 2.76 bits per heavy atom. The zero-order valence-electron chi connectivity index (χ0n) is 19.3. The molecule has 1 fully saturated rings. The predicted molar refractivity (Wildman–Crippen MR) is 124 cm³/mol. The number of rotatable bonds is 11. The molecule has 1 heterocycles. The molecule has 0 saturated heterocycles. The maximum atomic E-state index is 13.6. The van der Waals surface area contributed by atoms with E-state index >= 15 is 0 Å². The molecule has 0 spiro atoms. The van der Waals surface area contributed by atoms with Gasteiger partial charge in [-0.05, 0) is 55.5 Å². The summed E-state index contributed by atoms with van der Waals surface area (Å²) in [4.78, 5) is 38.6. The van der Waals surface area contributed by atoms with Crippen LogP contribution in [-0.4, -0.2) is 53.7 Å². The van der Waals surface area contributed by atoms with Gasteiger partial charge in [-0.1, -0.05) is 18.2 Å². The number of hydrogen-bond acceptors (Lipinski definition) is 6. The van der Waals surface area contributed by atoms with Crippen LogP contribution in [0.4, 0.5) is 5.69 Å². The molecule has 3 amide bonds. The van der Waals surface area contributed by atoms with E-state index in [0.29, 0.717) is 53.8 Å². The van der Waals surface area contributed by atoms with Crippen molar-refractivity contribution < 1.29 is 29.1 Å². The van der Waals surface area contributed by atoms with Gasteiger partial charge in [-0.3, -0.25) is 19.6 Å². The summed E-state index contributed by atoms with van der Waals surface area (Å²) >= 11 is 0. The predicted octanol–water partition coefficient (Wildman–Crippen LogP) is 3.38. The van der Waals surface area contributed by atoms with Crippen molar-refractivity contribution in [3.63, 3.8) is 0 Å². The monoisotopic (exact) mass is 467 g/mol. The molecule has 0 unspecified atom stereocenters. The maximum Gasteiger partial charge on any atom is 0.257 e. The Morgan fingerprint density at radius 2 is 2.09 bits per heavy atom. The average Bonchev–Trinajstić information content (AvgIpc) is 3.64. The van der Waals surface area contributed by atoms with Gasteiger partial charge in [-0.25, -0.2) is 5.06 Å². The van der Waals surface area contributed by atoms with Crippen molar-refractivity contribution in [3.8, 4) is 11.5 Å². The van der Waals surface area contributed by atoms with Gasteiger partial charge in [0.25, 0.3) is 5.91 Å². The first-order valence-corrected chi connectivity index (χ1v) is 11.4. The second-order valence-electron chi connectivity index (χ2n) is 8.45. The van der Waals surface area contributed by atoms with E-state index in [4.69, 9.17) is 9.47 Å². The summed E-state index contributed by atoms with van der Waals surface area (Å²) in [5.74, 6) is 0.865. The van der Waals surface area contributed by atoms with Gasteiger partial charge in [0.05, 0.1) is 37.6 Å². The maximum absolute atomic E-state index is 13.6. The largest absolute Gasteiger partial charge is 0.493 e.